The molecule has 82 valence electrons. The van der Waals surface area contributed by atoms with Crippen LogP contribution in [0.4, 0.5) is 0 Å². The van der Waals surface area contributed by atoms with Crippen LogP contribution in [0.2, 0.25) is 0 Å². The van der Waals surface area contributed by atoms with E-state index in [9.17, 15) is 9.59 Å². The molecule has 0 aromatic heterocycles. The van der Waals surface area contributed by atoms with Crippen molar-refractivity contribution in [1.82, 2.24) is 16.3 Å². The van der Waals surface area contributed by atoms with Gasteiger partial charge in [-0.05, 0) is 0 Å². The van der Waals surface area contributed by atoms with Gasteiger partial charge in [-0.15, -0.1) is 16.3 Å². The molecular formula is C4H10N4O6. The first kappa shape index (κ1) is 12.7. The fourth-order valence-electron chi connectivity index (χ4n) is 0.686. The number of nitrogens with two attached hydrogens (primary N) is 1. The van der Waals surface area contributed by atoms with E-state index in [-0.39, 0.29) is 0 Å². The van der Waals surface area contributed by atoms with Crippen molar-refractivity contribution in [2.75, 3.05) is 0 Å². The number of carboxylic acid groups (broad SMARTS) is 1. The highest BCUT2D eigenvalue weighted by molar-refractivity contribution is 5.81. The summed E-state index contributed by atoms with van der Waals surface area (Å²) < 4.78 is 0. The van der Waals surface area contributed by atoms with E-state index in [4.69, 9.17) is 15.5 Å². The van der Waals surface area contributed by atoms with E-state index < -0.39 is 24.4 Å². The van der Waals surface area contributed by atoms with Crippen molar-refractivity contribution in [3.63, 3.8) is 0 Å². The minimum Gasteiger partial charge on any atom is -0.481 e. The molecule has 0 aromatic carbocycles. The van der Waals surface area contributed by atoms with Crippen LogP contribution in [0.25, 0.3) is 0 Å². The second kappa shape index (κ2) is 6.20. The van der Waals surface area contributed by atoms with Crippen molar-refractivity contribution in [3.05, 3.63) is 0 Å². The van der Waals surface area contributed by atoms with Gasteiger partial charge in [0.1, 0.15) is 0 Å². The first-order chi connectivity index (χ1) is 6.56. The van der Waals surface area contributed by atoms with Crippen LogP contribution in [0, 0.1) is 0 Å². The van der Waals surface area contributed by atoms with Gasteiger partial charge in [-0.2, -0.15) is 5.90 Å². The van der Waals surface area contributed by atoms with Crippen LogP contribution < -0.4 is 17.1 Å². The van der Waals surface area contributed by atoms with Crippen LogP contribution in [0.3, 0.4) is 0 Å². The highest BCUT2D eigenvalue weighted by Crippen LogP contribution is 2.00. The number of hydrogen-bond acceptors (Lipinski definition) is 9. The number of aliphatic carboxylic acids is 1. The van der Waals surface area contributed by atoms with E-state index in [1.54, 1.807) is 0 Å². The Bertz CT molecular complexity index is 206. The van der Waals surface area contributed by atoms with Crippen molar-refractivity contribution < 1.29 is 29.9 Å². The standard InChI is InChI=1S/C4H10N4O6/c5-14-4(11)2(1-3(9)10)8(6-12)7-13/h2,6-7,12-13H,1,5H2,(H,9,10). The quantitative estimate of drug-likeness (QED) is 0.255. The van der Waals surface area contributed by atoms with E-state index in [0.717, 1.165) is 0 Å². The van der Waals surface area contributed by atoms with Gasteiger partial charge in [-0.25, -0.2) is 4.79 Å². The van der Waals surface area contributed by atoms with Crippen molar-refractivity contribution in [2.24, 2.45) is 5.90 Å². The smallest absolute Gasteiger partial charge is 0.345 e. The first-order valence-electron chi connectivity index (χ1n) is 3.27. The number of hydrazine groups is 2. The molecule has 1 atom stereocenters. The molecule has 0 spiro atoms. The van der Waals surface area contributed by atoms with Crippen LogP contribution in [-0.4, -0.2) is 38.6 Å². The number of carbonyl (C=O) groups is 2. The van der Waals surface area contributed by atoms with Crippen LogP contribution in [-0.2, 0) is 14.4 Å². The zero-order valence-electron chi connectivity index (χ0n) is 6.88. The Kier molecular flexibility index (Phi) is 5.62. The number of rotatable bonds is 6. The monoisotopic (exact) mass is 210 g/mol. The summed E-state index contributed by atoms with van der Waals surface area (Å²) in [6, 6.07) is -1.52. The lowest BCUT2D eigenvalue weighted by atomic mass is 10.2. The van der Waals surface area contributed by atoms with E-state index in [2.05, 4.69) is 10.7 Å². The van der Waals surface area contributed by atoms with Gasteiger partial charge in [0.2, 0.25) is 0 Å². The van der Waals surface area contributed by atoms with Gasteiger partial charge in [0.15, 0.2) is 6.04 Å². The molecular weight excluding hydrogens is 200 g/mol. The fourth-order valence-corrected chi connectivity index (χ4v) is 0.686. The fraction of sp³-hybridized carbons (Fsp3) is 0.500. The van der Waals surface area contributed by atoms with Crippen molar-refractivity contribution in [1.29, 1.82) is 0 Å². The molecule has 0 rings (SSSR count). The number of nitrogens with one attached hydrogen (secondary N) is 2. The Labute approximate surface area is 77.7 Å². The molecule has 7 N–H and O–H groups in total. The number of carboxylic acids is 1. The summed E-state index contributed by atoms with van der Waals surface area (Å²) in [4.78, 5) is 24.9. The zero-order valence-corrected chi connectivity index (χ0v) is 6.88. The first-order valence-corrected chi connectivity index (χ1v) is 3.27. The Morgan fingerprint density at radius 3 is 2.21 bits per heavy atom. The Hall–Kier alpha value is -1.30. The molecule has 10 nitrogen and oxygen atoms in total. The summed E-state index contributed by atoms with van der Waals surface area (Å²) in [5, 5.41) is 25.4. The maximum atomic E-state index is 10.9. The highest BCUT2D eigenvalue weighted by atomic mass is 16.7. The van der Waals surface area contributed by atoms with Crippen LogP contribution in [0.5, 0.6) is 0 Å². The topological polar surface area (TPSA) is 157 Å². The van der Waals surface area contributed by atoms with Gasteiger partial charge in [-0.3, -0.25) is 4.79 Å². The molecule has 0 heterocycles. The molecule has 0 saturated carbocycles. The van der Waals surface area contributed by atoms with Gasteiger partial charge >= 0.3 is 11.9 Å². The molecule has 0 fully saturated rings. The molecule has 0 aliphatic rings. The molecule has 10 heteroatoms. The summed E-state index contributed by atoms with van der Waals surface area (Å²) in [7, 11) is 0. The van der Waals surface area contributed by atoms with Crippen LogP contribution in [0.1, 0.15) is 6.42 Å². The van der Waals surface area contributed by atoms with Crippen LogP contribution >= 0.6 is 0 Å². The molecule has 14 heavy (non-hydrogen) atoms. The minimum absolute atomic E-state index is 0.295. The van der Waals surface area contributed by atoms with Gasteiger partial charge in [-0.1, -0.05) is 0 Å². The average molecular weight is 210 g/mol. The third kappa shape index (κ3) is 3.61. The van der Waals surface area contributed by atoms with E-state index >= 15 is 0 Å². The van der Waals surface area contributed by atoms with Crippen molar-refractivity contribution >= 4 is 11.9 Å². The Morgan fingerprint density at radius 2 is 1.93 bits per heavy atom. The predicted octanol–water partition coefficient (Wildman–Crippen LogP) is -2.66. The number of hydrogen-bond donors (Lipinski definition) is 6. The van der Waals surface area contributed by atoms with Gasteiger partial charge in [0, 0.05) is 0 Å². The summed E-state index contributed by atoms with van der Waals surface area (Å²) in [6.45, 7) is 0. The summed E-state index contributed by atoms with van der Waals surface area (Å²) >= 11 is 0. The predicted molar refractivity (Wildman–Crippen MR) is 38.0 cm³/mol. The third-order valence-corrected chi connectivity index (χ3v) is 1.28. The second-order valence-corrected chi connectivity index (χ2v) is 2.12. The lowest BCUT2D eigenvalue weighted by Gasteiger charge is -2.23. The third-order valence-electron chi connectivity index (χ3n) is 1.28. The van der Waals surface area contributed by atoms with E-state index in [1.165, 1.54) is 11.2 Å². The lowest BCUT2D eigenvalue weighted by molar-refractivity contribution is -0.190. The molecule has 0 bridgehead atoms. The minimum atomic E-state index is -1.52. The SMILES string of the molecule is NOC(=O)C(CC(=O)O)N(NO)NO. The molecule has 0 aliphatic heterocycles. The maximum absolute atomic E-state index is 10.9. The largest absolute Gasteiger partial charge is 0.481 e. The highest BCUT2D eigenvalue weighted by Gasteiger charge is 2.29. The molecule has 1 unspecified atom stereocenters. The van der Waals surface area contributed by atoms with Crippen molar-refractivity contribution in [2.45, 2.75) is 12.5 Å². The Morgan fingerprint density at radius 1 is 1.43 bits per heavy atom. The molecule has 0 aliphatic carbocycles. The summed E-state index contributed by atoms with van der Waals surface area (Å²) in [5.41, 5.74) is 2.65. The summed E-state index contributed by atoms with van der Waals surface area (Å²) in [5.74, 6) is 2.00. The molecule has 0 amide bonds. The van der Waals surface area contributed by atoms with E-state index in [1.807, 2.05) is 0 Å². The Balaban J connectivity index is 4.51. The summed E-state index contributed by atoms with van der Waals surface area (Å²) in [6.07, 6.45) is -0.739. The number of nitrogens with zero attached hydrogens (tertiary/aromatic N) is 1. The van der Waals surface area contributed by atoms with Crippen LogP contribution in [0.15, 0.2) is 0 Å². The lowest BCUT2D eigenvalue weighted by Crippen LogP contribution is -2.56. The van der Waals surface area contributed by atoms with Gasteiger partial charge in [0.25, 0.3) is 0 Å². The second-order valence-electron chi connectivity index (χ2n) is 2.12. The number of carbonyl (C=O) groups excluding carboxylic acids is 1. The van der Waals surface area contributed by atoms with Gasteiger partial charge in [0.05, 0.1) is 6.42 Å². The average Bonchev–Trinajstić information content (AvgIpc) is 2.16. The van der Waals surface area contributed by atoms with E-state index in [0.29, 0.717) is 5.12 Å². The van der Waals surface area contributed by atoms with Gasteiger partial charge < -0.3 is 20.4 Å². The molecule has 0 radical (unpaired) electrons. The van der Waals surface area contributed by atoms with Crippen molar-refractivity contribution in [3.8, 4) is 0 Å². The molecule has 0 aromatic rings. The zero-order chi connectivity index (χ0) is 11.1. The maximum Gasteiger partial charge on any atom is 0.345 e. The normalized spacial score (nSPS) is 12.6. The molecule has 0 saturated heterocycles.